The van der Waals surface area contributed by atoms with Crippen molar-refractivity contribution in [2.75, 3.05) is 0 Å². The minimum atomic E-state index is -0.708. The van der Waals surface area contributed by atoms with Crippen LogP contribution in [0.1, 0.15) is 40.9 Å². The van der Waals surface area contributed by atoms with E-state index in [1.165, 1.54) is 0 Å². The molecule has 1 N–H and O–H groups in total. The lowest BCUT2D eigenvalue weighted by Crippen LogP contribution is -2.46. The van der Waals surface area contributed by atoms with Crippen LogP contribution in [0.4, 0.5) is 0 Å². The highest BCUT2D eigenvalue weighted by atomic mass is 16.2. The number of benzene rings is 1. The zero-order valence-electron chi connectivity index (χ0n) is 14.2. The van der Waals surface area contributed by atoms with Gasteiger partial charge in [0.1, 0.15) is 6.04 Å². The van der Waals surface area contributed by atoms with Gasteiger partial charge >= 0.3 is 0 Å². The van der Waals surface area contributed by atoms with Gasteiger partial charge in [-0.2, -0.15) is 0 Å². The summed E-state index contributed by atoms with van der Waals surface area (Å²) in [6, 6.07) is 7.08. The molecule has 1 atom stereocenters. The molecule has 0 bridgehead atoms. The predicted octanol–water partition coefficient (Wildman–Crippen LogP) is 1.87. The van der Waals surface area contributed by atoms with E-state index in [1.807, 2.05) is 31.2 Å². The van der Waals surface area contributed by atoms with E-state index in [9.17, 15) is 14.4 Å². The smallest absolute Gasteiger partial charge is 0.256 e. The number of hydrogen-bond acceptors (Lipinski definition) is 4. The average Bonchev–Trinajstić information content (AvgIpc) is 3.33. The fourth-order valence-corrected chi connectivity index (χ4v) is 3.43. The minimum Gasteiger partial charge on any atom is -0.323 e. The third-order valence-electron chi connectivity index (χ3n) is 4.85. The highest BCUT2D eigenvalue weighted by Crippen LogP contribution is 2.33. The average molecular weight is 337 g/mol. The van der Waals surface area contributed by atoms with Crippen molar-refractivity contribution in [1.29, 1.82) is 0 Å². The Morgan fingerprint density at radius 1 is 1.20 bits per heavy atom. The number of carbonyl (C=O) groups excluding carboxylic acids is 3. The summed E-state index contributed by atoms with van der Waals surface area (Å²) in [5.41, 5.74) is 3.07. The number of nitrogens with zero attached hydrogens (tertiary/aromatic N) is 2. The Hall–Kier alpha value is -2.76. The molecule has 128 valence electrons. The molecule has 25 heavy (non-hydrogen) atoms. The number of fused-ring (bicyclic) bond motifs is 1. The lowest BCUT2D eigenvalue weighted by atomic mass is 10.1. The standard InChI is InChI=1S/C19H19N3O3/c1-10-3-6-15-12(7-10)8-14(11(2)20-15)19(25)22(13-4-5-13)16-9-17(23)21-18(16)24/h3,6-8,13,16H,4-5,9H2,1-2H3,(H,21,23,24)/t16-/m0/s1. The van der Waals surface area contributed by atoms with Crippen molar-refractivity contribution in [3.8, 4) is 0 Å². The molecule has 1 aliphatic heterocycles. The first-order chi connectivity index (χ1) is 11.9. The van der Waals surface area contributed by atoms with Gasteiger partial charge in [-0.05, 0) is 44.9 Å². The van der Waals surface area contributed by atoms with Crippen molar-refractivity contribution in [2.24, 2.45) is 0 Å². The molecule has 1 aromatic carbocycles. The molecule has 1 aliphatic carbocycles. The number of amides is 3. The number of aromatic nitrogens is 1. The van der Waals surface area contributed by atoms with Crippen LogP contribution in [-0.2, 0) is 9.59 Å². The van der Waals surface area contributed by atoms with Gasteiger partial charge in [0, 0.05) is 11.4 Å². The largest absolute Gasteiger partial charge is 0.323 e. The van der Waals surface area contributed by atoms with Gasteiger partial charge in [0.05, 0.1) is 23.2 Å². The van der Waals surface area contributed by atoms with E-state index in [0.717, 1.165) is 29.3 Å². The van der Waals surface area contributed by atoms with Crippen LogP contribution in [0.15, 0.2) is 24.3 Å². The maximum atomic E-state index is 13.2. The van der Waals surface area contributed by atoms with E-state index >= 15 is 0 Å². The van der Waals surface area contributed by atoms with Gasteiger partial charge in [0.2, 0.25) is 11.8 Å². The van der Waals surface area contributed by atoms with Crippen molar-refractivity contribution >= 4 is 28.6 Å². The SMILES string of the molecule is Cc1ccc2nc(C)c(C(=O)N(C3CC3)[C@H]3CC(=O)NC3=O)cc2c1. The lowest BCUT2D eigenvalue weighted by Gasteiger charge is -2.27. The molecule has 1 saturated carbocycles. The summed E-state index contributed by atoms with van der Waals surface area (Å²) in [6.45, 7) is 3.79. The van der Waals surface area contributed by atoms with Gasteiger partial charge in [0.25, 0.3) is 5.91 Å². The molecule has 0 radical (unpaired) electrons. The number of rotatable bonds is 3. The summed E-state index contributed by atoms with van der Waals surface area (Å²) in [5, 5.41) is 3.20. The molecule has 6 nitrogen and oxygen atoms in total. The molecule has 2 fully saturated rings. The van der Waals surface area contributed by atoms with Crippen molar-refractivity contribution in [3.63, 3.8) is 0 Å². The van der Waals surface area contributed by atoms with Crippen LogP contribution in [0.25, 0.3) is 10.9 Å². The minimum absolute atomic E-state index is 0.0294. The summed E-state index contributed by atoms with van der Waals surface area (Å²) in [6.07, 6.45) is 1.77. The summed E-state index contributed by atoms with van der Waals surface area (Å²) < 4.78 is 0. The van der Waals surface area contributed by atoms with E-state index in [-0.39, 0.29) is 30.2 Å². The lowest BCUT2D eigenvalue weighted by molar-refractivity contribution is -0.126. The Morgan fingerprint density at radius 3 is 2.60 bits per heavy atom. The number of imide groups is 1. The summed E-state index contributed by atoms with van der Waals surface area (Å²) >= 11 is 0. The quantitative estimate of drug-likeness (QED) is 0.867. The first kappa shape index (κ1) is 15.7. The Labute approximate surface area is 145 Å². The Balaban J connectivity index is 1.75. The predicted molar refractivity (Wildman–Crippen MR) is 92.0 cm³/mol. The van der Waals surface area contributed by atoms with Gasteiger partial charge in [-0.3, -0.25) is 24.7 Å². The van der Waals surface area contributed by atoms with Gasteiger partial charge in [-0.1, -0.05) is 11.6 Å². The van der Waals surface area contributed by atoms with Crippen LogP contribution < -0.4 is 5.32 Å². The van der Waals surface area contributed by atoms with Gasteiger partial charge in [0.15, 0.2) is 0 Å². The van der Waals surface area contributed by atoms with Crippen LogP contribution in [0.3, 0.4) is 0 Å². The Morgan fingerprint density at radius 2 is 1.96 bits per heavy atom. The van der Waals surface area contributed by atoms with Crippen molar-refractivity contribution in [1.82, 2.24) is 15.2 Å². The zero-order valence-corrected chi connectivity index (χ0v) is 14.2. The van der Waals surface area contributed by atoms with E-state index in [0.29, 0.717) is 11.3 Å². The molecule has 2 aliphatic rings. The van der Waals surface area contributed by atoms with E-state index in [2.05, 4.69) is 10.3 Å². The van der Waals surface area contributed by atoms with Crippen molar-refractivity contribution in [3.05, 3.63) is 41.1 Å². The second-order valence-corrected chi connectivity index (χ2v) is 6.89. The summed E-state index contributed by atoms with van der Waals surface area (Å²) in [5.74, 6) is -0.921. The molecule has 2 aromatic rings. The third-order valence-corrected chi connectivity index (χ3v) is 4.85. The maximum absolute atomic E-state index is 13.2. The molecular weight excluding hydrogens is 318 g/mol. The second kappa shape index (κ2) is 5.65. The van der Waals surface area contributed by atoms with Crippen LogP contribution in [-0.4, -0.2) is 39.7 Å². The molecule has 1 saturated heterocycles. The molecule has 1 aromatic heterocycles. The third kappa shape index (κ3) is 2.77. The fraction of sp³-hybridized carbons (Fsp3) is 0.368. The molecule has 3 amide bonds. The van der Waals surface area contributed by atoms with E-state index in [4.69, 9.17) is 0 Å². The molecule has 0 unspecified atom stereocenters. The van der Waals surface area contributed by atoms with Crippen LogP contribution in [0, 0.1) is 13.8 Å². The zero-order chi connectivity index (χ0) is 17.7. The second-order valence-electron chi connectivity index (χ2n) is 6.89. The molecule has 2 heterocycles. The molecular formula is C19H19N3O3. The fourth-order valence-electron chi connectivity index (χ4n) is 3.43. The first-order valence-electron chi connectivity index (χ1n) is 8.48. The summed E-state index contributed by atoms with van der Waals surface area (Å²) in [4.78, 5) is 43.0. The number of carbonyl (C=O) groups is 3. The van der Waals surface area contributed by atoms with Crippen LogP contribution in [0.5, 0.6) is 0 Å². The van der Waals surface area contributed by atoms with Gasteiger partial charge in [-0.25, -0.2) is 0 Å². The van der Waals surface area contributed by atoms with Crippen LogP contribution in [0.2, 0.25) is 0 Å². The monoisotopic (exact) mass is 337 g/mol. The first-order valence-corrected chi connectivity index (χ1v) is 8.48. The maximum Gasteiger partial charge on any atom is 0.256 e. The van der Waals surface area contributed by atoms with Gasteiger partial charge in [-0.15, -0.1) is 0 Å². The number of hydrogen-bond donors (Lipinski definition) is 1. The molecule has 0 spiro atoms. The Bertz CT molecular complexity index is 918. The molecule has 4 rings (SSSR count). The highest BCUT2D eigenvalue weighted by Gasteiger charge is 2.45. The normalized spacial score (nSPS) is 20.0. The number of nitrogens with one attached hydrogen (secondary N) is 1. The van der Waals surface area contributed by atoms with E-state index in [1.54, 1.807) is 11.8 Å². The summed E-state index contributed by atoms with van der Waals surface area (Å²) in [7, 11) is 0. The molecule has 6 heteroatoms. The number of pyridine rings is 1. The van der Waals surface area contributed by atoms with Crippen LogP contribution >= 0.6 is 0 Å². The topological polar surface area (TPSA) is 79.4 Å². The van der Waals surface area contributed by atoms with Crippen molar-refractivity contribution in [2.45, 2.75) is 45.2 Å². The van der Waals surface area contributed by atoms with Gasteiger partial charge < -0.3 is 4.90 Å². The van der Waals surface area contributed by atoms with Crippen molar-refractivity contribution < 1.29 is 14.4 Å². The highest BCUT2D eigenvalue weighted by molar-refractivity contribution is 6.09. The number of aryl methyl sites for hydroxylation is 2. The Kier molecular flexibility index (Phi) is 3.56. The van der Waals surface area contributed by atoms with E-state index < -0.39 is 6.04 Å².